The van der Waals surface area contributed by atoms with E-state index in [0.29, 0.717) is 17.0 Å². The number of hydrogen-bond donors (Lipinski definition) is 2. The Labute approximate surface area is 119 Å². The van der Waals surface area contributed by atoms with Crippen LogP contribution in [0.25, 0.3) is 0 Å². The Hall–Kier alpha value is -1.75. The molecule has 1 aliphatic rings. The molecule has 5 nitrogen and oxygen atoms in total. The van der Waals surface area contributed by atoms with Gasteiger partial charge in [0.1, 0.15) is 5.75 Å². The second-order valence-electron chi connectivity index (χ2n) is 5.33. The van der Waals surface area contributed by atoms with E-state index in [2.05, 4.69) is 0 Å². The molecule has 0 saturated heterocycles. The van der Waals surface area contributed by atoms with Crippen molar-refractivity contribution in [3.8, 4) is 5.75 Å². The molecule has 2 atom stereocenters. The van der Waals surface area contributed by atoms with Gasteiger partial charge in [-0.1, -0.05) is 12.8 Å². The predicted octanol–water partition coefficient (Wildman–Crippen LogP) is 1.65. The van der Waals surface area contributed by atoms with Crippen LogP contribution in [0.15, 0.2) is 18.2 Å². The monoisotopic (exact) mass is 278 g/mol. The molecule has 0 aliphatic heterocycles. The minimum Gasteiger partial charge on any atom is -0.497 e. The molecule has 5 heteroatoms. The van der Waals surface area contributed by atoms with E-state index in [4.69, 9.17) is 10.5 Å². The van der Waals surface area contributed by atoms with Gasteiger partial charge in [-0.3, -0.25) is 4.79 Å². The topological polar surface area (TPSA) is 75.8 Å². The molecule has 3 N–H and O–H groups in total. The first-order valence-electron chi connectivity index (χ1n) is 6.92. The smallest absolute Gasteiger partial charge is 0.254 e. The highest BCUT2D eigenvalue weighted by atomic mass is 16.5. The van der Waals surface area contributed by atoms with Crippen LogP contribution in [0, 0.1) is 0 Å². The molecular formula is C15H22N2O3. The maximum Gasteiger partial charge on any atom is 0.254 e. The number of rotatable bonds is 3. The molecule has 0 radical (unpaired) electrons. The number of aliphatic hydroxyl groups is 1. The third-order valence-corrected chi connectivity index (χ3v) is 3.92. The molecule has 0 bridgehead atoms. The van der Waals surface area contributed by atoms with Crippen molar-refractivity contribution < 1.29 is 14.6 Å². The number of carbonyl (C=O) groups excluding carboxylic acids is 1. The second kappa shape index (κ2) is 6.13. The first-order valence-corrected chi connectivity index (χ1v) is 6.92. The molecule has 0 spiro atoms. The van der Waals surface area contributed by atoms with Crippen molar-refractivity contribution >= 4 is 11.6 Å². The summed E-state index contributed by atoms with van der Waals surface area (Å²) in [6, 6.07) is 4.86. The third kappa shape index (κ3) is 3.04. The minimum atomic E-state index is -0.444. The van der Waals surface area contributed by atoms with E-state index in [1.165, 1.54) is 7.11 Å². The maximum absolute atomic E-state index is 12.5. The van der Waals surface area contributed by atoms with Gasteiger partial charge in [0.2, 0.25) is 0 Å². The van der Waals surface area contributed by atoms with Crippen molar-refractivity contribution in [3.05, 3.63) is 23.8 Å². The summed E-state index contributed by atoms with van der Waals surface area (Å²) in [4.78, 5) is 14.1. The fraction of sp³-hybridized carbons (Fsp3) is 0.533. The van der Waals surface area contributed by atoms with Crippen LogP contribution in [-0.2, 0) is 0 Å². The molecule has 1 amide bonds. The van der Waals surface area contributed by atoms with Crippen LogP contribution >= 0.6 is 0 Å². The number of nitrogens with two attached hydrogens (primary N) is 1. The van der Waals surface area contributed by atoms with Crippen LogP contribution < -0.4 is 10.5 Å². The Morgan fingerprint density at radius 3 is 2.70 bits per heavy atom. The highest BCUT2D eigenvalue weighted by Gasteiger charge is 2.30. The molecule has 1 aliphatic carbocycles. The quantitative estimate of drug-likeness (QED) is 0.824. The average Bonchev–Trinajstić information content (AvgIpc) is 2.45. The Kier molecular flexibility index (Phi) is 4.49. The van der Waals surface area contributed by atoms with Crippen LogP contribution in [0.5, 0.6) is 5.75 Å². The van der Waals surface area contributed by atoms with Crippen LogP contribution in [0.4, 0.5) is 5.69 Å². The third-order valence-electron chi connectivity index (χ3n) is 3.92. The Morgan fingerprint density at radius 2 is 2.05 bits per heavy atom. The zero-order valence-corrected chi connectivity index (χ0v) is 12.0. The van der Waals surface area contributed by atoms with Crippen molar-refractivity contribution in [1.29, 1.82) is 0 Å². The van der Waals surface area contributed by atoms with E-state index in [9.17, 15) is 9.90 Å². The lowest BCUT2D eigenvalue weighted by molar-refractivity contribution is 0.0268. The number of nitrogens with zero attached hydrogens (tertiary/aromatic N) is 1. The number of likely N-dealkylation sites (N-methyl/N-ethyl adjacent to an activating group) is 1. The number of nitrogen functional groups attached to an aromatic ring is 1. The summed E-state index contributed by atoms with van der Waals surface area (Å²) in [7, 11) is 3.27. The van der Waals surface area contributed by atoms with E-state index >= 15 is 0 Å². The minimum absolute atomic E-state index is 0.122. The van der Waals surface area contributed by atoms with Crippen molar-refractivity contribution in [2.45, 2.75) is 37.8 Å². The molecule has 0 aromatic heterocycles. The summed E-state index contributed by atoms with van der Waals surface area (Å²) in [5.41, 5.74) is 6.76. The summed E-state index contributed by atoms with van der Waals surface area (Å²) in [5.74, 6) is 0.424. The lowest BCUT2D eigenvalue weighted by Gasteiger charge is -2.35. The molecule has 1 fully saturated rings. The normalized spacial score (nSPS) is 22.4. The summed E-state index contributed by atoms with van der Waals surface area (Å²) in [6.45, 7) is 0. The molecule has 110 valence electrons. The van der Waals surface area contributed by atoms with Crippen LogP contribution in [0.3, 0.4) is 0 Å². The SMILES string of the molecule is COc1cc(N)cc(C(=O)N(C)C2CCCCC2O)c1. The zero-order chi connectivity index (χ0) is 14.7. The van der Waals surface area contributed by atoms with Gasteiger partial charge in [0.25, 0.3) is 5.91 Å². The fourth-order valence-corrected chi connectivity index (χ4v) is 2.76. The highest BCUT2D eigenvalue weighted by Crippen LogP contribution is 2.25. The Balaban J connectivity index is 2.19. The predicted molar refractivity (Wildman–Crippen MR) is 77.8 cm³/mol. The largest absolute Gasteiger partial charge is 0.497 e. The lowest BCUT2D eigenvalue weighted by Crippen LogP contribution is -2.46. The van der Waals surface area contributed by atoms with Gasteiger partial charge in [0.15, 0.2) is 0 Å². The Morgan fingerprint density at radius 1 is 1.35 bits per heavy atom. The van der Waals surface area contributed by atoms with Crippen molar-refractivity contribution in [2.24, 2.45) is 0 Å². The van der Waals surface area contributed by atoms with Crippen LogP contribution in [0.1, 0.15) is 36.0 Å². The number of anilines is 1. The van der Waals surface area contributed by atoms with Gasteiger partial charge in [0.05, 0.1) is 19.3 Å². The van der Waals surface area contributed by atoms with Gasteiger partial charge < -0.3 is 20.5 Å². The van der Waals surface area contributed by atoms with Crippen LogP contribution in [-0.4, -0.2) is 42.2 Å². The lowest BCUT2D eigenvalue weighted by atomic mass is 9.91. The van der Waals surface area contributed by atoms with Crippen molar-refractivity contribution in [2.75, 3.05) is 19.9 Å². The second-order valence-corrected chi connectivity index (χ2v) is 5.33. The molecule has 1 aromatic carbocycles. The summed E-state index contributed by atoms with van der Waals surface area (Å²) >= 11 is 0. The number of carbonyl (C=O) groups is 1. The first-order chi connectivity index (χ1) is 9.52. The van der Waals surface area contributed by atoms with Gasteiger partial charge in [0, 0.05) is 24.4 Å². The van der Waals surface area contributed by atoms with Crippen molar-refractivity contribution in [1.82, 2.24) is 4.90 Å². The van der Waals surface area contributed by atoms with Gasteiger partial charge >= 0.3 is 0 Å². The summed E-state index contributed by atoms with van der Waals surface area (Å²) in [5, 5.41) is 10.0. The molecular weight excluding hydrogens is 256 g/mol. The number of benzene rings is 1. The number of hydrogen-bond acceptors (Lipinski definition) is 4. The maximum atomic E-state index is 12.5. The van der Waals surface area contributed by atoms with E-state index < -0.39 is 6.10 Å². The molecule has 1 aromatic rings. The van der Waals surface area contributed by atoms with E-state index in [1.807, 2.05) is 0 Å². The number of ether oxygens (including phenoxy) is 1. The standard InChI is InChI=1S/C15H22N2O3/c1-17(13-5-3-4-6-14(13)18)15(19)10-7-11(16)9-12(8-10)20-2/h7-9,13-14,18H,3-6,16H2,1-2H3. The molecule has 2 unspecified atom stereocenters. The van der Waals surface area contributed by atoms with E-state index in [-0.39, 0.29) is 11.9 Å². The van der Waals surface area contributed by atoms with E-state index in [1.54, 1.807) is 30.1 Å². The molecule has 1 saturated carbocycles. The molecule has 0 heterocycles. The summed E-state index contributed by atoms with van der Waals surface area (Å²) < 4.78 is 5.13. The molecule has 2 rings (SSSR count). The Bertz CT molecular complexity index is 490. The van der Waals surface area contributed by atoms with Gasteiger partial charge in [-0.25, -0.2) is 0 Å². The van der Waals surface area contributed by atoms with E-state index in [0.717, 1.165) is 25.7 Å². The van der Waals surface area contributed by atoms with Gasteiger partial charge in [-0.05, 0) is 25.0 Å². The number of aliphatic hydroxyl groups excluding tert-OH is 1. The van der Waals surface area contributed by atoms with Crippen molar-refractivity contribution in [3.63, 3.8) is 0 Å². The van der Waals surface area contributed by atoms with Gasteiger partial charge in [-0.15, -0.1) is 0 Å². The fourth-order valence-electron chi connectivity index (χ4n) is 2.76. The average molecular weight is 278 g/mol. The first kappa shape index (κ1) is 14.7. The van der Waals surface area contributed by atoms with Crippen LogP contribution in [0.2, 0.25) is 0 Å². The summed E-state index contributed by atoms with van der Waals surface area (Å²) in [6.07, 6.45) is 3.21. The van der Waals surface area contributed by atoms with Gasteiger partial charge in [-0.2, -0.15) is 0 Å². The number of amides is 1. The molecule has 20 heavy (non-hydrogen) atoms. The number of methoxy groups -OCH3 is 1. The zero-order valence-electron chi connectivity index (χ0n) is 12.0. The highest BCUT2D eigenvalue weighted by molar-refractivity contribution is 5.95.